The molecule has 1 atom stereocenters. The van der Waals surface area contributed by atoms with Gasteiger partial charge in [-0.15, -0.1) is 0 Å². The lowest BCUT2D eigenvalue weighted by molar-refractivity contribution is 0.467. The Labute approximate surface area is 164 Å². The minimum Gasteiger partial charge on any atom is -0.508 e. The number of rotatable bonds is 4. The summed E-state index contributed by atoms with van der Waals surface area (Å²) in [6.45, 7) is 0. The molecule has 28 heavy (non-hydrogen) atoms. The van der Waals surface area contributed by atoms with E-state index >= 15 is 0 Å². The first-order chi connectivity index (χ1) is 13.6. The van der Waals surface area contributed by atoms with Crippen molar-refractivity contribution in [1.82, 2.24) is 0 Å². The summed E-state index contributed by atoms with van der Waals surface area (Å²) in [5, 5.41) is 23.5. The van der Waals surface area contributed by atoms with Crippen molar-refractivity contribution >= 4 is 23.5 Å². The average molecular weight is 370 g/mol. The zero-order valence-electron chi connectivity index (χ0n) is 15.3. The molecular weight excluding hydrogens is 348 g/mol. The lowest BCUT2D eigenvalue weighted by Crippen LogP contribution is -2.14. The molecule has 1 heterocycles. The molecule has 4 nitrogen and oxygen atoms in total. The van der Waals surface area contributed by atoms with Gasteiger partial charge < -0.3 is 21.3 Å². The van der Waals surface area contributed by atoms with Crippen molar-refractivity contribution in [3.05, 3.63) is 95.1 Å². The van der Waals surface area contributed by atoms with Gasteiger partial charge in [0.25, 0.3) is 0 Å². The fraction of sp³-hybridized carbons (Fsp3) is 0.0833. The molecule has 0 saturated carbocycles. The van der Waals surface area contributed by atoms with Crippen LogP contribution in [0.3, 0.4) is 0 Å². The number of aromatic hydroxyl groups is 2. The van der Waals surface area contributed by atoms with E-state index in [4.69, 9.17) is 5.73 Å². The number of fused-ring (bicyclic) bond motifs is 1. The molecule has 1 aliphatic rings. The first-order valence-corrected chi connectivity index (χ1v) is 9.22. The van der Waals surface area contributed by atoms with Crippen LogP contribution in [0.25, 0.3) is 12.2 Å². The van der Waals surface area contributed by atoms with Gasteiger partial charge in [0.05, 0.1) is 17.4 Å². The number of allylic oxidation sites excluding steroid dienone is 1. The molecule has 0 spiro atoms. The maximum absolute atomic E-state index is 10.1. The van der Waals surface area contributed by atoms with Crippen LogP contribution in [0.2, 0.25) is 0 Å². The predicted octanol–water partition coefficient (Wildman–Crippen LogP) is 5.12. The molecule has 3 aromatic carbocycles. The third kappa shape index (κ3) is 3.45. The highest BCUT2D eigenvalue weighted by Gasteiger charge is 2.19. The molecule has 0 saturated heterocycles. The fourth-order valence-corrected chi connectivity index (χ4v) is 3.43. The van der Waals surface area contributed by atoms with Crippen molar-refractivity contribution in [3.63, 3.8) is 0 Å². The summed E-state index contributed by atoms with van der Waals surface area (Å²) in [7, 11) is 0. The number of nitrogens with one attached hydrogen (secondary N) is 1. The standard InChI is InChI=1S/C24H22N2O2/c25-23-17(8-5-7-16-6-1-3-10-21(16)27)12-13-18-14-15-20(26-24(18)23)19-9-2-4-11-22(19)28/h1-6,8-15,20,26-28H,7,25H2/b8-5-. The number of para-hydroxylation sites is 2. The third-order valence-corrected chi connectivity index (χ3v) is 4.98. The van der Waals surface area contributed by atoms with Crippen LogP contribution in [-0.4, -0.2) is 10.2 Å². The van der Waals surface area contributed by atoms with Crippen molar-refractivity contribution in [2.75, 3.05) is 11.1 Å². The normalized spacial score (nSPS) is 15.4. The van der Waals surface area contributed by atoms with Gasteiger partial charge in [0.1, 0.15) is 11.5 Å². The molecule has 1 aliphatic heterocycles. The van der Waals surface area contributed by atoms with Gasteiger partial charge in [-0.3, -0.25) is 0 Å². The van der Waals surface area contributed by atoms with E-state index in [9.17, 15) is 10.2 Å². The highest BCUT2D eigenvalue weighted by molar-refractivity contribution is 5.87. The zero-order valence-corrected chi connectivity index (χ0v) is 15.3. The Balaban J connectivity index is 1.58. The molecule has 1 unspecified atom stereocenters. The molecule has 0 aliphatic carbocycles. The lowest BCUT2D eigenvalue weighted by atomic mass is 9.96. The largest absolute Gasteiger partial charge is 0.508 e. The number of phenols is 2. The highest BCUT2D eigenvalue weighted by atomic mass is 16.3. The minimum atomic E-state index is -0.142. The summed E-state index contributed by atoms with van der Waals surface area (Å²) in [5.74, 6) is 0.549. The second-order valence-electron chi connectivity index (χ2n) is 6.81. The van der Waals surface area contributed by atoms with E-state index in [1.807, 2.05) is 66.8 Å². The average Bonchev–Trinajstić information content (AvgIpc) is 2.71. The number of nitrogens with two attached hydrogens (primary N) is 1. The number of hydrogen-bond acceptors (Lipinski definition) is 4. The molecule has 5 N–H and O–H groups in total. The van der Waals surface area contributed by atoms with Crippen LogP contribution < -0.4 is 11.1 Å². The van der Waals surface area contributed by atoms with Crippen LogP contribution in [-0.2, 0) is 6.42 Å². The third-order valence-electron chi connectivity index (χ3n) is 4.98. The van der Waals surface area contributed by atoms with Crippen molar-refractivity contribution in [1.29, 1.82) is 0 Å². The molecule has 0 radical (unpaired) electrons. The van der Waals surface area contributed by atoms with Crippen molar-refractivity contribution in [3.8, 4) is 11.5 Å². The summed E-state index contributed by atoms with van der Waals surface area (Å²) in [5.41, 5.74) is 11.6. The Morgan fingerprint density at radius 1 is 0.929 bits per heavy atom. The van der Waals surface area contributed by atoms with Gasteiger partial charge in [0.15, 0.2) is 0 Å². The monoisotopic (exact) mass is 370 g/mol. The van der Waals surface area contributed by atoms with Crippen molar-refractivity contribution in [2.24, 2.45) is 0 Å². The van der Waals surface area contributed by atoms with Crippen LogP contribution in [0, 0.1) is 0 Å². The molecule has 0 fully saturated rings. The number of phenolic OH excluding ortho intramolecular Hbond substituents is 2. The first-order valence-electron chi connectivity index (χ1n) is 9.22. The quantitative estimate of drug-likeness (QED) is 0.481. The number of hydrogen-bond donors (Lipinski definition) is 4. The van der Waals surface area contributed by atoms with Gasteiger partial charge in [-0.25, -0.2) is 0 Å². The van der Waals surface area contributed by atoms with Gasteiger partial charge in [-0.05, 0) is 35.2 Å². The van der Waals surface area contributed by atoms with Crippen molar-refractivity contribution in [2.45, 2.75) is 12.5 Å². The molecular formula is C24H22N2O2. The predicted molar refractivity (Wildman–Crippen MR) is 115 cm³/mol. The van der Waals surface area contributed by atoms with Gasteiger partial charge in [0.2, 0.25) is 0 Å². The van der Waals surface area contributed by atoms with E-state index in [1.165, 1.54) is 0 Å². The summed E-state index contributed by atoms with van der Waals surface area (Å²) < 4.78 is 0. The second-order valence-corrected chi connectivity index (χ2v) is 6.81. The summed E-state index contributed by atoms with van der Waals surface area (Å²) >= 11 is 0. The summed E-state index contributed by atoms with van der Waals surface area (Å²) in [6, 6.07) is 18.5. The van der Waals surface area contributed by atoms with Crippen LogP contribution in [0.1, 0.15) is 28.3 Å². The molecule has 0 bridgehead atoms. The fourth-order valence-electron chi connectivity index (χ4n) is 3.43. The smallest absolute Gasteiger partial charge is 0.121 e. The molecule has 4 rings (SSSR count). The van der Waals surface area contributed by atoms with E-state index in [2.05, 4.69) is 5.32 Å². The molecule has 0 aromatic heterocycles. The topological polar surface area (TPSA) is 78.5 Å². The van der Waals surface area contributed by atoms with Crippen LogP contribution in [0.15, 0.2) is 72.8 Å². The SMILES string of the molecule is Nc1c(/C=C\Cc2ccccc2O)ccc2c1NC(c1ccccc1O)C=C2. The maximum Gasteiger partial charge on any atom is 0.121 e. The maximum atomic E-state index is 10.1. The first kappa shape index (κ1) is 17.7. The van der Waals surface area contributed by atoms with Gasteiger partial charge in [0, 0.05) is 5.56 Å². The van der Waals surface area contributed by atoms with Crippen molar-refractivity contribution < 1.29 is 10.2 Å². The van der Waals surface area contributed by atoms with Crippen LogP contribution in [0.4, 0.5) is 11.4 Å². The van der Waals surface area contributed by atoms with Crippen LogP contribution in [0.5, 0.6) is 11.5 Å². The highest BCUT2D eigenvalue weighted by Crippen LogP contribution is 2.38. The van der Waals surface area contributed by atoms with E-state index in [0.29, 0.717) is 17.9 Å². The molecule has 0 amide bonds. The molecule has 4 heteroatoms. The Kier molecular flexibility index (Phi) is 4.77. The van der Waals surface area contributed by atoms with E-state index in [0.717, 1.165) is 27.9 Å². The van der Waals surface area contributed by atoms with E-state index < -0.39 is 0 Å². The zero-order chi connectivity index (χ0) is 19.5. The Morgan fingerprint density at radius 2 is 1.68 bits per heavy atom. The molecule has 3 aromatic rings. The summed E-state index contributed by atoms with van der Waals surface area (Å²) in [6.07, 6.45) is 8.62. The van der Waals surface area contributed by atoms with Gasteiger partial charge >= 0.3 is 0 Å². The number of benzene rings is 3. The minimum absolute atomic E-state index is 0.142. The lowest BCUT2D eigenvalue weighted by Gasteiger charge is -2.25. The Bertz CT molecular complexity index is 1070. The number of anilines is 2. The second kappa shape index (κ2) is 7.53. The number of nitrogen functional groups attached to an aromatic ring is 1. The molecule has 140 valence electrons. The Morgan fingerprint density at radius 3 is 2.46 bits per heavy atom. The summed E-state index contributed by atoms with van der Waals surface area (Å²) in [4.78, 5) is 0. The van der Waals surface area contributed by atoms with E-state index in [1.54, 1.807) is 18.2 Å². The van der Waals surface area contributed by atoms with Crippen LogP contribution >= 0.6 is 0 Å². The Hall–Kier alpha value is -3.66. The van der Waals surface area contributed by atoms with Gasteiger partial charge in [-0.1, -0.05) is 72.8 Å². The van der Waals surface area contributed by atoms with E-state index in [-0.39, 0.29) is 11.8 Å². The van der Waals surface area contributed by atoms with Gasteiger partial charge in [-0.2, -0.15) is 0 Å².